The molecule has 0 aromatic heterocycles. The van der Waals surface area contributed by atoms with Crippen LogP contribution in [0.2, 0.25) is 0 Å². The first-order chi connectivity index (χ1) is 14.2. The van der Waals surface area contributed by atoms with Gasteiger partial charge in [-0.25, -0.2) is 8.42 Å². The van der Waals surface area contributed by atoms with Crippen LogP contribution in [-0.2, 0) is 10.0 Å². The number of nitrogens with zero attached hydrogens (tertiary/aromatic N) is 2. The fourth-order valence-corrected chi connectivity index (χ4v) is 4.65. The summed E-state index contributed by atoms with van der Waals surface area (Å²) in [6, 6.07) is 10.8. The lowest BCUT2D eigenvalue weighted by Gasteiger charge is -2.29. The van der Waals surface area contributed by atoms with E-state index in [1.807, 2.05) is 0 Å². The number of hydrogen-bond acceptors (Lipinski definition) is 7. The molecule has 0 bridgehead atoms. The van der Waals surface area contributed by atoms with E-state index in [2.05, 4.69) is 4.72 Å². The molecule has 2 aromatic carbocycles. The Labute approximate surface area is 173 Å². The molecule has 1 aliphatic rings. The standard InChI is InChI=1S/C20H19N3O6S/c1-3-22(4-2)17-18(24)15-7-5-6-8-16(15)19(25)20(17)30(28,29)21-13-9-11-14(12-10-13)23(26)27/h5-12,21H,3-4H2,1-2H3. The number of carbonyl (C=O) groups is 2. The van der Waals surface area contributed by atoms with Gasteiger partial charge in [-0.2, -0.15) is 0 Å². The van der Waals surface area contributed by atoms with Gasteiger partial charge in [0.25, 0.3) is 15.7 Å². The van der Waals surface area contributed by atoms with E-state index in [0.29, 0.717) is 13.1 Å². The number of nitro benzene ring substituents is 1. The molecule has 0 heterocycles. The Morgan fingerprint density at radius 2 is 1.47 bits per heavy atom. The maximum absolute atomic E-state index is 13.2. The minimum atomic E-state index is -4.46. The quantitative estimate of drug-likeness (QED) is 0.529. The molecular formula is C20H19N3O6S. The van der Waals surface area contributed by atoms with E-state index in [0.717, 1.165) is 12.1 Å². The van der Waals surface area contributed by atoms with Crippen LogP contribution >= 0.6 is 0 Å². The Kier molecular flexibility index (Phi) is 5.70. The van der Waals surface area contributed by atoms with Gasteiger partial charge in [0, 0.05) is 42.0 Å². The third kappa shape index (κ3) is 3.69. The Balaban J connectivity index is 2.14. The topological polar surface area (TPSA) is 127 Å². The number of anilines is 1. The molecule has 0 fully saturated rings. The normalized spacial score (nSPS) is 13.8. The van der Waals surface area contributed by atoms with Crippen molar-refractivity contribution in [3.05, 3.63) is 80.4 Å². The summed E-state index contributed by atoms with van der Waals surface area (Å²) in [7, 11) is -4.46. The van der Waals surface area contributed by atoms with Crippen LogP contribution in [0.3, 0.4) is 0 Å². The Bertz CT molecular complexity index is 1170. The zero-order chi connectivity index (χ0) is 22.1. The highest BCUT2D eigenvalue weighted by Crippen LogP contribution is 2.32. The summed E-state index contributed by atoms with van der Waals surface area (Å²) in [5, 5.41) is 10.8. The molecule has 0 atom stereocenters. The number of carbonyl (C=O) groups excluding carboxylic acids is 2. The van der Waals surface area contributed by atoms with E-state index >= 15 is 0 Å². The van der Waals surface area contributed by atoms with E-state index in [1.54, 1.807) is 26.0 Å². The van der Waals surface area contributed by atoms with Gasteiger partial charge in [0.1, 0.15) is 5.70 Å². The molecule has 0 amide bonds. The maximum atomic E-state index is 13.2. The van der Waals surface area contributed by atoms with Crippen LogP contribution < -0.4 is 4.72 Å². The lowest BCUT2D eigenvalue weighted by Crippen LogP contribution is -2.37. The molecule has 0 saturated heterocycles. The largest absolute Gasteiger partial charge is 0.368 e. The third-order valence-corrected chi connectivity index (χ3v) is 6.15. The number of rotatable bonds is 7. The van der Waals surface area contributed by atoms with Gasteiger partial charge in [0.05, 0.1) is 4.92 Å². The highest BCUT2D eigenvalue weighted by Gasteiger charge is 2.41. The van der Waals surface area contributed by atoms with Crippen molar-refractivity contribution in [2.75, 3.05) is 17.8 Å². The third-order valence-electron chi connectivity index (χ3n) is 4.73. The second-order valence-electron chi connectivity index (χ2n) is 6.46. The molecule has 0 unspecified atom stereocenters. The molecule has 0 aliphatic heterocycles. The molecule has 1 N–H and O–H groups in total. The number of fused-ring (bicyclic) bond motifs is 1. The van der Waals surface area contributed by atoms with Gasteiger partial charge in [-0.3, -0.25) is 24.4 Å². The van der Waals surface area contributed by atoms with Gasteiger partial charge >= 0.3 is 0 Å². The minimum absolute atomic E-state index is 0.0162. The van der Waals surface area contributed by atoms with E-state index in [-0.39, 0.29) is 28.2 Å². The number of benzene rings is 2. The van der Waals surface area contributed by atoms with Crippen molar-refractivity contribution in [1.82, 2.24) is 4.90 Å². The Morgan fingerprint density at radius 3 is 1.97 bits per heavy atom. The maximum Gasteiger partial charge on any atom is 0.269 e. The lowest BCUT2D eigenvalue weighted by atomic mass is 9.92. The van der Waals surface area contributed by atoms with Gasteiger partial charge in [-0.05, 0) is 26.0 Å². The highest BCUT2D eigenvalue weighted by molar-refractivity contribution is 7.97. The molecule has 1 aliphatic carbocycles. The highest BCUT2D eigenvalue weighted by atomic mass is 32.2. The fraction of sp³-hybridized carbons (Fsp3) is 0.200. The first-order valence-corrected chi connectivity index (χ1v) is 10.6. The minimum Gasteiger partial charge on any atom is -0.368 e. The number of likely N-dealkylation sites (N-methyl/N-ethyl adjacent to an activating group) is 1. The van der Waals surface area contributed by atoms with Crippen LogP contribution in [0, 0.1) is 10.1 Å². The first kappa shape index (κ1) is 21.2. The van der Waals surface area contributed by atoms with Crippen LogP contribution in [0.1, 0.15) is 34.6 Å². The summed E-state index contributed by atoms with van der Waals surface area (Å²) >= 11 is 0. The van der Waals surface area contributed by atoms with E-state index < -0.39 is 31.4 Å². The Morgan fingerprint density at radius 1 is 0.933 bits per heavy atom. The summed E-state index contributed by atoms with van der Waals surface area (Å²) in [4.78, 5) is 37.4. The fourth-order valence-electron chi connectivity index (χ4n) is 3.27. The van der Waals surface area contributed by atoms with E-state index in [4.69, 9.17) is 0 Å². The smallest absolute Gasteiger partial charge is 0.269 e. The van der Waals surface area contributed by atoms with Gasteiger partial charge in [-0.1, -0.05) is 24.3 Å². The van der Waals surface area contributed by atoms with Crippen molar-refractivity contribution in [2.24, 2.45) is 0 Å². The zero-order valence-corrected chi connectivity index (χ0v) is 17.1. The summed E-state index contributed by atoms with van der Waals surface area (Å²) in [5.74, 6) is -1.32. The molecule has 10 heteroatoms. The number of non-ortho nitro benzene ring substituents is 1. The summed E-state index contributed by atoms with van der Waals surface area (Å²) in [6.45, 7) is 4.15. The Hall–Kier alpha value is -3.53. The van der Waals surface area contributed by atoms with Crippen LogP contribution in [0.25, 0.3) is 0 Å². The number of nitro groups is 1. The van der Waals surface area contributed by atoms with Crippen molar-refractivity contribution in [3.63, 3.8) is 0 Å². The van der Waals surface area contributed by atoms with Gasteiger partial charge in [0.2, 0.25) is 11.6 Å². The lowest BCUT2D eigenvalue weighted by molar-refractivity contribution is -0.384. The number of Topliss-reactive ketones (excluding diaryl/α,β-unsaturated/α-hetero) is 2. The number of nitrogens with one attached hydrogen (secondary N) is 1. The summed E-state index contributed by atoms with van der Waals surface area (Å²) < 4.78 is 28.6. The number of sulfonamides is 1. The zero-order valence-electron chi connectivity index (χ0n) is 16.3. The number of hydrogen-bond donors (Lipinski definition) is 1. The summed E-state index contributed by atoms with van der Waals surface area (Å²) in [5.41, 5.74) is -0.191. The van der Waals surface area contributed by atoms with E-state index in [9.17, 15) is 28.1 Å². The van der Waals surface area contributed by atoms with Crippen LogP contribution in [0.5, 0.6) is 0 Å². The molecule has 9 nitrogen and oxygen atoms in total. The SMILES string of the molecule is CCN(CC)C1=C(S(=O)(=O)Nc2ccc([N+](=O)[O-])cc2)C(=O)c2ccccc2C1=O. The summed E-state index contributed by atoms with van der Waals surface area (Å²) in [6.07, 6.45) is 0. The van der Waals surface area contributed by atoms with Gasteiger partial charge in [-0.15, -0.1) is 0 Å². The van der Waals surface area contributed by atoms with Crippen LogP contribution in [-0.4, -0.2) is 42.9 Å². The average Bonchev–Trinajstić information content (AvgIpc) is 2.72. The van der Waals surface area contributed by atoms with Crippen molar-refractivity contribution in [2.45, 2.75) is 13.8 Å². The second kappa shape index (κ2) is 8.07. The van der Waals surface area contributed by atoms with Crippen molar-refractivity contribution in [1.29, 1.82) is 0 Å². The number of allylic oxidation sites excluding steroid dienone is 2. The van der Waals surface area contributed by atoms with Gasteiger partial charge in [0.15, 0.2) is 4.91 Å². The van der Waals surface area contributed by atoms with Crippen LogP contribution in [0.4, 0.5) is 11.4 Å². The molecule has 2 aromatic rings. The number of ketones is 2. The van der Waals surface area contributed by atoms with Crippen molar-refractivity contribution < 1.29 is 22.9 Å². The monoisotopic (exact) mass is 429 g/mol. The average molecular weight is 429 g/mol. The van der Waals surface area contributed by atoms with Crippen molar-refractivity contribution in [3.8, 4) is 0 Å². The molecule has 30 heavy (non-hydrogen) atoms. The van der Waals surface area contributed by atoms with Crippen molar-refractivity contribution >= 4 is 33.0 Å². The predicted octanol–water partition coefficient (Wildman–Crippen LogP) is 2.97. The molecule has 156 valence electrons. The second-order valence-corrected chi connectivity index (χ2v) is 8.08. The van der Waals surface area contributed by atoms with Crippen LogP contribution in [0.15, 0.2) is 59.1 Å². The molecular weight excluding hydrogens is 410 g/mol. The molecule has 3 rings (SSSR count). The predicted molar refractivity (Wildman–Crippen MR) is 111 cm³/mol. The molecule has 0 radical (unpaired) electrons. The van der Waals surface area contributed by atoms with E-state index in [1.165, 1.54) is 29.2 Å². The molecule has 0 saturated carbocycles. The van der Waals surface area contributed by atoms with Gasteiger partial charge < -0.3 is 4.90 Å². The molecule has 0 spiro atoms. The first-order valence-electron chi connectivity index (χ1n) is 9.16.